The molecule has 1 saturated carbocycles. The predicted octanol–water partition coefficient (Wildman–Crippen LogP) is 3.07. The monoisotopic (exact) mass is 529 g/mol. The molecule has 3 aliphatic rings. The SMILES string of the molecule is COc1cc(C(=O)N[C@@H]2CCNC2)ccc1Nc1ncc2c(n1)N(C1CCCCC1)CC(F)(F)C(=O)N2C. The van der Waals surface area contributed by atoms with Crippen molar-refractivity contribution in [2.75, 3.05) is 48.9 Å². The first kappa shape index (κ1) is 26.1. The highest BCUT2D eigenvalue weighted by molar-refractivity contribution is 6.02. The van der Waals surface area contributed by atoms with E-state index in [0.29, 0.717) is 22.8 Å². The van der Waals surface area contributed by atoms with Gasteiger partial charge in [0.25, 0.3) is 11.8 Å². The van der Waals surface area contributed by atoms with Gasteiger partial charge in [-0.05, 0) is 44.0 Å². The minimum atomic E-state index is -3.55. The molecule has 2 fully saturated rings. The van der Waals surface area contributed by atoms with Crippen LogP contribution >= 0.6 is 0 Å². The number of benzene rings is 1. The van der Waals surface area contributed by atoms with E-state index in [1.807, 2.05) is 0 Å². The Morgan fingerprint density at radius 3 is 2.71 bits per heavy atom. The molecule has 3 heterocycles. The lowest BCUT2D eigenvalue weighted by atomic mass is 9.94. The van der Waals surface area contributed by atoms with Gasteiger partial charge in [-0.25, -0.2) is 4.98 Å². The molecule has 0 spiro atoms. The number of hydrogen-bond donors (Lipinski definition) is 3. The second-order valence-corrected chi connectivity index (χ2v) is 10.1. The third kappa shape index (κ3) is 5.22. The van der Waals surface area contributed by atoms with Crippen molar-refractivity contribution in [2.24, 2.45) is 0 Å². The molecular weight excluding hydrogens is 496 g/mol. The molecule has 2 aliphatic heterocycles. The molecule has 1 aliphatic carbocycles. The Kier molecular flexibility index (Phi) is 7.33. The van der Waals surface area contributed by atoms with Crippen molar-refractivity contribution in [3.63, 3.8) is 0 Å². The van der Waals surface area contributed by atoms with E-state index in [4.69, 9.17) is 4.74 Å². The number of amides is 2. The van der Waals surface area contributed by atoms with Gasteiger partial charge in [-0.1, -0.05) is 19.3 Å². The minimum absolute atomic E-state index is 0.0868. The third-order valence-electron chi connectivity index (χ3n) is 7.49. The number of halogens is 2. The maximum Gasteiger partial charge on any atom is 0.342 e. The maximum atomic E-state index is 14.9. The largest absolute Gasteiger partial charge is 0.495 e. The molecule has 10 nitrogen and oxygen atoms in total. The Morgan fingerprint density at radius 2 is 2.00 bits per heavy atom. The molecule has 3 N–H and O–H groups in total. The molecule has 1 aromatic carbocycles. The van der Waals surface area contributed by atoms with Crippen molar-refractivity contribution in [1.82, 2.24) is 20.6 Å². The summed E-state index contributed by atoms with van der Waals surface area (Å²) in [6.45, 7) is 0.883. The van der Waals surface area contributed by atoms with Crippen LogP contribution in [-0.2, 0) is 4.79 Å². The third-order valence-corrected chi connectivity index (χ3v) is 7.49. The lowest BCUT2D eigenvalue weighted by molar-refractivity contribution is -0.140. The van der Waals surface area contributed by atoms with Crippen LogP contribution in [0.2, 0.25) is 0 Å². The zero-order chi connectivity index (χ0) is 26.9. The summed E-state index contributed by atoms with van der Waals surface area (Å²) in [5.41, 5.74) is 1.20. The first-order chi connectivity index (χ1) is 18.3. The average Bonchev–Trinajstić information content (AvgIpc) is 3.42. The summed E-state index contributed by atoms with van der Waals surface area (Å²) in [6.07, 6.45) is 6.73. The van der Waals surface area contributed by atoms with Crippen LogP contribution in [0.5, 0.6) is 5.75 Å². The number of aromatic nitrogens is 2. The number of fused-ring (bicyclic) bond motifs is 1. The Labute approximate surface area is 220 Å². The van der Waals surface area contributed by atoms with Crippen LogP contribution < -0.4 is 30.5 Å². The molecule has 5 rings (SSSR count). The van der Waals surface area contributed by atoms with Gasteiger partial charge < -0.3 is 30.5 Å². The van der Waals surface area contributed by atoms with Crippen molar-refractivity contribution in [1.29, 1.82) is 0 Å². The van der Waals surface area contributed by atoms with Gasteiger partial charge in [0.1, 0.15) is 11.4 Å². The number of carbonyl (C=O) groups is 2. The number of methoxy groups -OCH3 is 1. The van der Waals surface area contributed by atoms with Crippen LogP contribution in [0, 0.1) is 0 Å². The van der Waals surface area contributed by atoms with Crippen LogP contribution in [0.3, 0.4) is 0 Å². The molecular formula is C26H33F2N7O3. The number of carbonyl (C=O) groups excluding carboxylic acids is 2. The quantitative estimate of drug-likeness (QED) is 0.524. The normalized spacial score (nSPS) is 21.6. The molecule has 2 aromatic rings. The van der Waals surface area contributed by atoms with Crippen molar-refractivity contribution in [3.05, 3.63) is 30.0 Å². The Bertz CT molecular complexity index is 1200. The van der Waals surface area contributed by atoms with E-state index in [2.05, 4.69) is 25.9 Å². The average molecular weight is 530 g/mol. The summed E-state index contributed by atoms with van der Waals surface area (Å²) < 4.78 is 35.3. The smallest absolute Gasteiger partial charge is 0.342 e. The van der Waals surface area contributed by atoms with E-state index in [1.165, 1.54) is 20.4 Å². The topological polar surface area (TPSA) is 112 Å². The second-order valence-electron chi connectivity index (χ2n) is 10.1. The first-order valence-electron chi connectivity index (χ1n) is 13.0. The van der Waals surface area contributed by atoms with Crippen LogP contribution in [-0.4, -0.2) is 73.6 Å². The van der Waals surface area contributed by atoms with E-state index >= 15 is 0 Å². The fourth-order valence-corrected chi connectivity index (χ4v) is 5.38. The molecule has 0 unspecified atom stereocenters. The first-order valence-corrected chi connectivity index (χ1v) is 13.0. The van der Waals surface area contributed by atoms with Gasteiger partial charge in [0.05, 0.1) is 25.5 Å². The molecule has 1 aromatic heterocycles. The van der Waals surface area contributed by atoms with Crippen molar-refractivity contribution in [2.45, 2.75) is 56.5 Å². The number of hydrogen-bond acceptors (Lipinski definition) is 8. The molecule has 2 amide bonds. The highest BCUT2D eigenvalue weighted by Gasteiger charge is 2.48. The number of alkyl halides is 2. The molecule has 0 bridgehead atoms. The number of ether oxygens (including phenoxy) is 1. The lowest BCUT2D eigenvalue weighted by Crippen LogP contribution is -2.49. The number of rotatable bonds is 6. The standard InChI is InChI=1S/C26H33F2N7O3/c1-34-20-14-30-25(33-22(20)35(15-26(27,28)24(34)37)18-6-4-3-5-7-18)32-19-9-8-16(12-21(19)38-2)23(36)31-17-10-11-29-13-17/h8-9,12,14,17-18,29H,3-7,10-11,13,15H2,1-2H3,(H,31,36)(H,30,32,33)/t17-/m1/s1. The van der Waals surface area contributed by atoms with Crippen LogP contribution in [0.4, 0.5) is 31.9 Å². The van der Waals surface area contributed by atoms with Crippen LogP contribution in [0.25, 0.3) is 0 Å². The summed E-state index contributed by atoms with van der Waals surface area (Å²) in [5.74, 6) is -4.14. The fraction of sp³-hybridized carbons (Fsp3) is 0.538. The van der Waals surface area contributed by atoms with Gasteiger partial charge in [-0.2, -0.15) is 13.8 Å². The summed E-state index contributed by atoms with van der Waals surface area (Å²) in [5, 5.41) is 9.32. The summed E-state index contributed by atoms with van der Waals surface area (Å²) in [4.78, 5) is 36.7. The highest BCUT2D eigenvalue weighted by atomic mass is 19.3. The number of nitrogens with one attached hydrogen (secondary N) is 3. The van der Waals surface area contributed by atoms with E-state index < -0.39 is 18.4 Å². The molecule has 1 atom stereocenters. The Morgan fingerprint density at radius 1 is 1.21 bits per heavy atom. The zero-order valence-corrected chi connectivity index (χ0v) is 21.6. The lowest BCUT2D eigenvalue weighted by Gasteiger charge is -2.35. The van der Waals surface area contributed by atoms with Crippen molar-refractivity contribution < 1.29 is 23.1 Å². The van der Waals surface area contributed by atoms with Gasteiger partial charge in [0.2, 0.25) is 5.95 Å². The fourth-order valence-electron chi connectivity index (χ4n) is 5.38. The Hall–Kier alpha value is -3.54. The van der Waals surface area contributed by atoms with E-state index in [0.717, 1.165) is 56.5 Å². The van der Waals surface area contributed by atoms with Gasteiger partial charge >= 0.3 is 5.92 Å². The summed E-state index contributed by atoms with van der Waals surface area (Å²) in [6, 6.07) is 4.94. The van der Waals surface area contributed by atoms with Crippen LogP contribution in [0.1, 0.15) is 48.9 Å². The predicted molar refractivity (Wildman–Crippen MR) is 140 cm³/mol. The minimum Gasteiger partial charge on any atom is -0.495 e. The van der Waals surface area contributed by atoms with E-state index in [9.17, 15) is 18.4 Å². The van der Waals surface area contributed by atoms with E-state index in [-0.39, 0.29) is 29.6 Å². The van der Waals surface area contributed by atoms with Crippen LogP contribution in [0.15, 0.2) is 24.4 Å². The number of anilines is 4. The molecule has 38 heavy (non-hydrogen) atoms. The molecule has 12 heteroatoms. The van der Waals surface area contributed by atoms with Gasteiger partial charge in [-0.15, -0.1) is 0 Å². The summed E-state index contributed by atoms with van der Waals surface area (Å²) >= 11 is 0. The van der Waals surface area contributed by atoms with E-state index in [1.54, 1.807) is 23.1 Å². The molecule has 1 saturated heterocycles. The molecule has 0 radical (unpaired) electrons. The van der Waals surface area contributed by atoms with Gasteiger partial charge in [0, 0.05) is 31.2 Å². The zero-order valence-electron chi connectivity index (χ0n) is 21.6. The summed E-state index contributed by atoms with van der Waals surface area (Å²) in [7, 11) is 2.82. The maximum absolute atomic E-state index is 14.9. The van der Waals surface area contributed by atoms with Crippen molar-refractivity contribution in [3.8, 4) is 5.75 Å². The van der Waals surface area contributed by atoms with Gasteiger partial charge in [-0.3, -0.25) is 9.59 Å². The van der Waals surface area contributed by atoms with Crippen molar-refractivity contribution >= 4 is 35.0 Å². The van der Waals surface area contributed by atoms with Gasteiger partial charge in [0.15, 0.2) is 5.82 Å². The molecule has 204 valence electrons. The second kappa shape index (κ2) is 10.7. The number of nitrogens with zero attached hydrogens (tertiary/aromatic N) is 4. The highest BCUT2D eigenvalue weighted by Crippen LogP contribution is 2.39. The Balaban J connectivity index is 1.43.